The van der Waals surface area contributed by atoms with E-state index in [2.05, 4.69) is 10.3 Å². The number of nitro groups is 1. The molecule has 2 aromatic rings. The molecule has 0 bridgehead atoms. The molecule has 1 aliphatic rings. The van der Waals surface area contributed by atoms with E-state index in [1.807, 2.05) is 12.1 Å². The molecule has 0 atom stereocenters. The molecular formula is C19H21N3O4S. The SMILES string of the molecule is O=C(CSc1ccc([N+](=O)[O-])cc1)NCc1ccnc(OC2CCCC2)c1. The zero-order valence-corrected chi connectivity index (χ0v) is 15.6. The van der Waals surface area contributed by atoms with Crippen molar-refractivity contribution in [3.8, 4) is 5.88 Å². The van der Waals surface area contributed by atoms with Crippen LogP contribution in [0.5, 0.6) is 5.88 Å². The quantitative estimate of drug-likeness (QED) is 0.421. The van der Waals surface area contributed by atoms with Crippen LogP contribution in [-0.4, -0.2) is 27.7 Å². The number of non-ortho nitro benzene ring substituents is 1. The third-order valence-electron chi connectivity index (χ3n) is 4.30. The molecule has 1 amide bonds. The molecule has 0 aliphatic heterocycles. The monoisotopic (exact) mass is 387 g/mol. The second-order valence-corrected chi connectivity index (χ2v) is 7.39. The van der Waals surface area contributed by atoms with Crippen molar-refractivity contribution in [2.75, 3.05) is 5.75 Å². The molecule has 8 heteroatoms. The summed E-state index contributed by atoms with van der Waals surface area (Å²) in [6, 6.07) is 9.87. The zero-order valence-electron chi connectivity index (χ0n) is 14.8. The van der Waals surface area contributed by atoms with Gasteiger partial charge in [0.15, 0.2) is 0 Å². The molecule has 1 aliphatic carbocycles. The van der Waals surface area contributed by atoms with E-state index >= 15 is 0 Å². The van der Waals surface area contributed by atoms with Gasteiger partial charge in [-0.2, -0.15) is 0 Å². The van der Waals surface area contributed by atoms with Crippen LogP contribution >= 0.6 is 11.8 Å². The number of benzene rings is 1. The first-order valence-corrected chi connectivity index (χ1v) is 9.84. The minimum absolute atomic E-state index is 0.0390. The minimum Gasteiger partial charge on any atom is -0.474 e. The average Bonchev–Trinajstić information content (AvgIpc) is 3.18. The van der Waals surface area contributed by atoms with Crippen molar-refractivity contribution in [2.45, 2.75) is 43.2 Å². The molecule has 1 heterocycles. The molecule has 0 radical (unpaired) electrons. The largest absolute Gasteiger partial charge is 0.474 e. The van der Waals surface area contributed by atoms with Gasteiger partial charge in [0.05, 0.1) is 10.7 Å². The van der Waals surface area contributed by atoms with Crippen LogP contribution in [0, 0.1) is 10.1 Å². The molecule has 27 heavy (non-hydrogen) atoms. The first-order valence-electron chi connectivity index (χ1n) is 8.86. The molecule has 1 fully saturated rings. The van der Waals surface area contributed by atoms with Crippen molar-refractivity contribution in [1.29, 1.82) is 0 Å². The van der Waals surface area contributed by atoms with E-state index in [-0.39, 0.29) is 23.5 Å². The molecule has 3 rings (SSSR count). The first kappa shape index (κ1) is 19.2. The Balaban J connectivity index is 1.44. The van der Waals surface area contributed by atoms with Crippen LogP contribution in [-0.2, 0) is 11.3 Å². The summed E-state index contributed by atoms with van der Waals surface area (Å²) in [5.41, 5.74) is 0.976. The Kier molecular flexibility index (Phi) is 6.64. The van der Waals surface area contributed by atoms with Crippen molar-refractivity contribution in [1.82, 2.24) is 10.3 Å². The molecule has 0 saturated heterocycles. The standard InChI is InChI=1S/C19H21N3O4S/c23-18(13-27-17-7-5-15(6-8-17)22(24)25)21-12-14-9-10-20-19(11-14)26-16-3-1-2-4-16/h5-11,16H,1-4,12-13H2,(H,21,23). The molecular weight excluding hydrogens is 366 g/mol. The Morgan fingerprint density at radius 1 is 1.26 bits per heavy atom. The van der Waals surface area contributed by atoms with Gasteiger partial charge in [0.1, 0.15) is 6.10 Å². The van der Waals surface area contributed by atoms with Crippen LogP contribution in [0.15, 0.2) is 47.5 Å². The number of pyridine rings is 1. The lowest BCUT2D eigenvalue weighted by Gasteiger charge is -2.13. The first-order chi connectivity index (χ1) is 13.1. The highest BCUT2D eigenvalue weighted by Crippen LogP contribution is 2.23. The maximum absolute atomic E-state index is 12.0. The minimum atomic E-state index is -0.444. The number of aromatic nitrogens is 1. The van der Waals surface area contributed by atoms with E-state index in [1.54, 1.807) is 18.3 Å². The predicted molar refractivity (Wildman–Crippen MR) is 103 cm³/mol. The number of rotatable bonds is 8. The van der Waals surface area contributed by atoms with Gasteiger partial charge in [0.2, 0.25) is 11.8 Å². The second-order valence-electron chi connectivity index (χ2n) is 6.34. The van der Waals surface area contributed by atoms with E-state index in [9.17, 15) is 14.9 Å². The van der Waals surface area contributed by atoms with E-state index in [1.165, 1.54) is 36.7 Å². The van der Waals surface area contributed by atoms with Gasteiger partial charge in [-0.25, -0.2) is 4.98 Å². The number of carbonyl (C=O) groups is 1. The van der Waals surface area contributed by atoms with Gasteiger partial charge in [0.25, 0.3) is 5.69 Å². The Bertz CT molecular complexity index is 792. The fourth-order valence-electron chi connectivity index (χ4n) is 2.87. The number of nitrogens with one attached hydrogen (secondary N) is 1. The summed E-state index contributed by atoms with van der Waals surface area (Å²) in [7, 11) is 0. The average molecular weight is 387 g/mol. The van der Waals surface area contributed by atoms with E-state index in [0.717, 1.165) is 23.3 Å². The maximum Gasteiger partial charge on any atom is 0.269 e. The van der Waals surface area contributed by atoms with Crippen LogP contribution in [0.4, 0.5) is 5.69 Å². The number of ether oxygens (including phenoxy) is 1. The Labute approximate surface area is 161 Å². The fraction of sp³-hybridized carbons (Fsp3) is 0.368. The number of hydrogen-bond donors (Lipinski definition) is 1. The number of nitrogens with zero attached hydrogens (tertiary/aromatic N) is 2. The summed E-state index contributed by atoms with van der Waals surface area (Å²) in [6.07, 6.45) is 6.49. The summed E-state index contributed by atoms with van der Waals surface area (Å²) < 4.78 is 5.88. The Morgan fingerprint density at radius 3 is 2.70 bits per heavy atom. The van der Waals surface area contributed by atoms with Gasteiger partial charge in [-0.1, -0.05) is 0 Å². The van der Waals surface area contributed by atoms with Crippen molar-refractivity contribution in [2.24, 2.45) is 0 Å². The Hall–Kier alpha value is -2.61. The van der Waals surface area contributed by atoms with Crippen LogP contribution < -0.4 is 10.1 Å². The maximum atomic E-state index is 12.0. The molecule has 1 saturated carbocycles. The van der Waals surface area contributed by atoms with Crippen molar-refractivity contribution in [3.63, 3.8) is 0 Å². The predicted octanol–water partition coefficient (Wildman–Crippen LogP) is 3.72. The summed E-state index contributed by atoms with van der Waals surface area (Å²) in [6.45, 7) is 0.406. The van der Waals surface area contributed by atoms with E-state index in [0.29, 0.717) is 12.4 Å². The smallest absolute Gasteiger partial charge is 0.269 e. The van der Waals surface area contributed by atoms with Crippen LogP contribution in [0.25, 0.3) is 0 Å². The topological polar surface area (TPSA) is 94.4 Å². The van der Waals surface area contributed by atoms with Gasteiger partial charge < -0.3 is 10.1 Å². The van der Waals surface area contributed by atoms with Gasteiger partial charge >= 0.3 is 0 Å². The van der Waals surface area contributed by atoms with Gasteiger partial charge in [-0.05, 0) is 49.4 Å². The summed E-state index contributed by atoms with van der Waals surface area (Å²) in [5.74, 6) is 0.747. The number of hydrogen-bond acceptors (Lipinski definition) is 6. The van der Waals surface area contributed by atoms with Gasteiger partial charge in [-0.3, -0.25) is 14.9 Å². The molecule has 0 unspecified atom stereocenters. The molecule has 1 aromatic heterocycles. The van der Waals surface area contributed by atoms with Gasteiger partial charge in [0, 0.05) is 35.8 Å². The van der Waals surface area contributed by atoms with Crippen molar-refractivity contribution >= 4 is 23.4 Å². The highest BCUT2D eigenvalue weighted by atomic mass is 32.2. The number of amides is 1. The highest BCUT2D eigenvalue weighted by molar-refractivity contribution is 8.00. The normalized spacial score (nSPS) is 14.1. The Morgan fingerprint density at radius 2 is 2.00 bits per heavy atom. The molecule has 7 nitrogen and oxygen atoms in total. The van der Waals surface area contributed by atoms with Crippen LogP contribution in [0.3, 0.4) is 0 Å². The van der Waals surface area contributed by atoms with Crippen LogP contribution in [0.1, 0.15) is 31.2 Å². The van der Waals surface area contributed by atoms with Crippen LogP contribution in [0.2, 0.25) is 0 Å². The molecule has 142 valence electrons. The molecule has 1 N–H and O–H groups in total. The summed E-state index contributed by atoms with van der Waals surface area (Å²) in [4.78, 5) is 27.3. The highest BCUT2D eigenvalue weighted by Gasteiger charge is 2.17. The summed E-state index contributed by atoms with van der Waals surface area (Å²) in [5, 5.41) is 13.5. The lowest BCUT2D eigenvalue weighted by molar-refractivity contribution is -0.384. The lowest BCUT2D eigenvalue weighted by Crippen LogP contribution is -2.24. The van der Waals surface area contributed by atoms with Crippen molar-refractivity contribution < 1.29 is 14.5 Å². The van der Waals surface area contributed by atoms with Gasteiger partial charge in [-0.15, -0.1) is 11.8 Å². The van der Waals surface area contributed by atoms with E-state index < -0.39 is 4.92 Å². The number of carbonyl (C=O) groups excluding carboxylic acids is 1. The molecule has 0 spiro atoms. The summed E-state index contributed by atoms with van der Waals surface area (Å²) >= 11 is 1.34. The third-order valence-corrected chi connectivity index (χ3v) is 5.31. The van der Waals surface area contributed by atoms with Crippen molar-refractivity contribution in [3.05, 3.63) is 58.3 Å². The van der Waals surface area contributed by atoms with E-state index in [4.69, 9.17) is 4.74 Å². The second kappa shape index (κ2) is 9.36. The number of thioether (sulfide) groups is 1. The zero-order chi connectivity index (χ0) is 19.1. The third kappa shape index (κ3) is 5.96. The number of nitro benzene ring substituents is 1. The fourth-order valence-corrected chi connectivity index (χ4v) is 3.59. The lowest BCUT2D eigenvalue weighted by atomic mass is 10.2. The molecule has 1 aromatic carbocycles.